The molecule has 2 rings (SSSR count). The van der Waals surface area contributed by atoms with Gasteiger partial charge in [0.1, 0.15) is 0 Å². The molecule has 1 aliphatic rings. The van der Waals surface area contributed by atoms with Gasteiger partial charge in [0.2, 0.25) is 0 Å². The molecule has 1 N–H and O–H groups in total. The number of fused-ring (bicyclic) bond motifs is 1. The van der Waals surface area contributed by atoms with Gasteiger partial charge in [0.05, 0.1) is 0 Å². The van der Waals surface area contributed by atoms with Gasteiger partial charge < -0.3 is 5.32 Å². The van der Waals surface area contributed by atoms with Gasteiger partial charge in [-0.2, -0.15) is 0 Å². The van der Waals surface area contributed by atoms with Crippen LogP contribution >= 0.6 is 0 Å². The van der Waals surface area contributed by atoms with Crippen LogP contribution < -0.4 is 5.32 Å². The van der Waals surface area contributed by atoms with Gasteiger partial charge in [-0.3, -0.25) is 0 Å². The second kappa shape index (κ2) is 7.09. The summed E-state index contributed by atoms with van der Waals surface area (Å²) < 4.78 is 0. The molecule has 0 saturated carbocycles. The number of aryl methyl sites for hydroxylation is 2. The van der Waals surface area contributed by atoms with Gasteiger partial charge in [-0.1, -0.05) is 39.0 Å². The summed E-state index contributed by atoms with van der Waals surface area (Å²) in [5.41, 5.74) is 4.73. The molecular formula is C18H29N. The molecule has 19 heavy (non-hydrogen) atoms. The highest BCUT2D eigenvalue weighted by atomic mass is 14.9. The lowest BCUT2D eigenvalue weighted by molar-refractivity contribution is 0.364. The van der Waals surface area contributed by atoms with Crippen molar-refractivity contribution in [1.82, 2.24) is 5.32 Å². The Balaban J connectivity index is 1.95. The standard InChI is InChI=1S/C18H29N/c1-4-11-19-18(5-2)14(3)12-15-9-10-16-7-6-8-17(16)13-15/h9-10,13-14,18-19H,4-8,11-12H2,1-3H3. The lowest BCUT2D eigenvalue weighted by Gasteiger charge is -2.24. The highest BCUT2D eigenvalue weighted by Crippen LogP contribution is 2.24. The van der Waals surface area contributed by atoms with Crippen LogP contribution in [0.1, 0.15) is 56.7 Å². The van der Waals surface area contributed by atoms with Gasteiger partial charge in [-0.15, -0.1) is 0 Å². The third-order valence-corrected chi connectivity index (χ3v) is 4.50. The molecule has 1 aromatic rings. The average Bonchev–Trinajstić information content (AvgIpc) is 2.87. The summed E-state index contributed by atoms with van der Waals surface area (Å²) in [6.45, 7) is 8.08. The van der Waals surface area contributed by atoms with Crippen molar-refractivity contribution in [3.05, 3.63) is 34.9 Å². The van der Waals surface area contributed by atoms with Gasteiger partial charge in [0.15, 0.2) is 0 Å². The molecule has 0 aromatic heterocycles. The van der Waals surface area contributed by atoms with E-state index in [1.54, 1.807) is 11.1 Å². The van der Waals surface area contributed by atoms with Crippen LogP contribution in [-0.2, 0) is 19.3 Å². The highest BCUT2D eigenvalue weighted by Gasteiger charge is 2.16. The molecule has 0 heterocycles. The van der Waals surface area contributed by atoms with Crippen LogP contribution in [-0.4, -0.2) is 12.6 Å². The molecule has 1 aromatic carbocycles. The molecule has 0 radical (unpaired) electrons. The van der Waals surface area contributed by atoms with Crippen LogP contribution in [0.5, 0.6) is 0 Å². The number of rotatable bonds is 7. The lowest BCUT2D eigenvalue weighted by atomic mass is 9.91. The molecule has 106 valence electrons. The second-order valence-corrected chi connectivity index (χ2v) is 6.11. The fourth-order valence-electron chi connectivity index (χ4n) is 3.34. The van der Waals surface area contributed by atoms with Crippen LogP contribution in [0.4, 0.5) is 0 Å². The Hall–Kier alpha value is -0.820. The average molecular weight is 259 g/mol. The third kappa shape index (κ3) is 3.82. The summed E-state index contributed by atoms with van der Waals surface area (Å²) in [7, 11) is 0. The third-order valence-electron chi connectivity index (χ3n) is 4.50. The van der Waals surface area contributed by atoms with Crippen molar-refractivity contribution in [2.45, 2.75) is 65.3 Å². The quantitative estimate of drug-likeness (QED) is 0.776. The maximum Gasteiger partial charge on any atom is 0.00932 e. The minimum atomic E-state index is 0.660. The molecule has 1 aliphatic carbocycles. The molecule has 0 aliphatic heterocycles. The summed E-state index contributed by atoms with van der Waals surface area (Å²) in [5.74, 6) is 0.719. The predicted octanol–water partition coefficient (Wildman–Crippen LogP) is 4.13. The number of benzene rings is 1. The van der Waals surface area contributed by atoms with Gasteiger partial charge >= 0.3 is 0 Å². The first-order valence-electron chi connectivity index (χ1n) is 8.08. The Morgan fingerprint density at radius 1 is 1.16 bits per heavy atom. The van der Waals surface area contributed by atoms with E-state index in [1.807, 2.05) is 0 Å². The normalized spacial score (nSPS) is 17.2. The van der Waals surface area contributed by atoms with Gasteiger partial charge in [-0.25, -0.2) is 0 Å². The molecule has 2 atom stereocenters. The van der Waals surface area contributed by atoms with Crippen molar-refractivity contribution >= 4 is 0 Å². The summed E-state index contributed by atoms with van der Waals surface area (Å²) in [6, 6.07) is 7.84. The molecule has 0 saturated heterocycles. The molecule has 0 amide bonds. The van der Waals surface area contributed by atoms with Crippen LogP contribution in [0.3, 0.4) is 0 Å². The van der Waals surface area contributed by atoms with E-state index < -0.39 is 0 Å². The molecule has 1 heteroatoms. The van der Waals surface area contributed by atoms with E-state index in [0.29, 0.717) is 6.04 Å². The zero-order valence-electron chi connectivity index (χ0n) is 12.8. The van der Waals surface area contributed by atoms with E-state index in [9.17, 15) is 0 Å². The van der Waals surface area contributed by atoms with E-state index in [0.717, 1.165) is 12.5 Å². The first kappa shape index (κ1) is 14.6. The van der Waals surface area contributed by atoms with Crippen LogP contribution in [0.25, 0.3) is 0 Å². The van der Waals surface area contributed by atoms with E-state index in [4.69, 9.17) is 0 Å². The van der Waals surface area contributed by atoms with Crippen molar-refractivity contribution in [2.24, 2.45) is 5.92 Å². The Bertz CT molecular complexity index is 397. The topological polar surface area (TPSA) is 12.0 Å². The van der Waals surface area contributed by atoms with E-state index in [2.05, 4.69) is 44.3 Å². The minimum absolute atomic E-state index is 0.660. The minimum Gasteiger partial charge on any atom is -0.314 e. The Morgan fingerprint density at radius 2 is 1.95 bits per heavy atom. The second-order valence-electron chi connectivity index (χ2n) is 6.11. The van der Waals surface area contributed by atoms with Crippen LogP contribution in [0.2, 0.25) is 0 Å². The predicted molar refractivity (Wildman–Crippen MR) is 83.7 cm³/mol. The maximum absolute atomic E-state index is 3.69. The highest BCUT2D eigenvalue weighted by molar-refractivity contribution is 5.35. The van der Waals surface area contributed by atoms with E-state index in [1.165, 1.54) is 44.1 Å². The zero-order valence-corrected chi connectivity index (χ0v) is 12.8. The van der Waals surface area contributed by atoms with Crippen molar-refractivity contribution in [2.75, 3.05) is 6.54 Å². The number of hydrogen-bond donors (Lipinski definition) is 1. The van der Waals surface area contributed by atoms with Crippen molar-refractivity contribution in [3.63, 3.8) is 0 Å². The van der Waals surface area contributed by atoms with Gasteiger partial charge in [0.25, 0.3) is 0 Å². The van der Waals surface area contributed by atoms with E-state index in [-0.39, 0.29) is 0 Å². The first-order valence-corrected chi connectivity index (χ1v) is 8.08. The maximum atomic E-state index is 3.69. The van der Waals surface area contributed by atoms with Crippen molar-refractivity contribution in [1.29, 1.82) is 0 Å². The summed E-state index contributed by atoms with van der Waals surface area (Å²) in [5, 5.41) is 3.69. The van der Waals surface area contributed by atoms with E-state index >= 15 is 0 Å². The summed E-state index contributed by atoms with van der Waals surface area (Å²) >= 11 is 0. The molecule has 0 fully saturated rings. The fraction of sp³-hybridized carbons (Fsp3) is 0.667. The van der Waals surface area contributed by atoms with Crippen LogP contribution in [0, 0.1) is 5.92 Å². The molecule has 2 unspecified atom stereocenters. The Morgan fingerprint density at radius 3 is 2.68 bits per heavy atom. The Kier molecular flexibility index (Phi) is 5.45. The van der Waals surface area contributed by atoms with Gasteiger partial charge in [0, 0.05) is 6.04 Å². The fourth-order valence-corrected chi connectivity index (χ4v) is 3.34. The largest absolute Gasteiger partial charge is 0.314 e. The molecule has 0 spiro atoms. The first-order chi connectivity index (χ1) is 9.24. The summed E-state index contributed by atoms with van der Waals surface area (Å²) in [4.78, 5) is 0. The zero-order chi connectivity index (χ0) is 13.7. The van der Waals surface area contributed by atoms with Crippen LogP contribution in [0.15, 0.2) is 18.2 Å². The number of nitrogens with one attached hydrogen (secondary N) is 1. The number of hydrogen-bond acceptors (Lipinski definition) is 1. The lowest BCUT2D eigenvalue weighted by Crippen LogP contribution is -2.35. The van der Waals surface area contributed by atoms with Gasteiger partial charge in [-0.05, 0) is 67.7 Å². The molecule has 1 nitrogen and oxygen atoms in total. The molecular weight excluding hydrogens is 230 g/mol. The molecule has 0 bridgehead atoms. The monoisotopic (exact) mass is 259 g/mol. The Labute approximate surface area is 118 Å². The smallest absolute Gasteiger partial charge is 0.00932 e. The van der Waals surface area contributed by atoms with Crippen molar-refractivity contribution < 1.29 is 0 Å². The summed E-state index contributed by atoms with van der Waals surface area (Å²) in [6.07, 6.45) is 7.60. The van der Waals surface area contributed by atoms with Crippen molar-refractivity contribution in [3.8, 4) is 0 Å². The SMILES string of the molecule is CCCNC(CC)C(C)Cc1ccc2c(c1)CCC2.